The number of ether oxygens (including phenoxy) is 1. The van der Waals surface area contributed by atoms with E-state index in [4.69, 9.17) is 16.3 Å². The smallest absolute Gasteiger partial charge is 0.305 e. The van der Waals surface area contributed by atoms with E-state index >= 15 is 0 Å². The summed E-state index contributed by atoms with van der Waals surface area (Å²) in [5.41, 5.74) is 1.25. The molecule has 17 heavy (non-hydrogen) atoms. The van der Waals surface area contributed by atoms with E-state index in [2.05, 4.69) is 10.3 Å². The monoisotopic (exact) mass is 252 g/mol. The molecule has 88 valence electrons. The van der Waals surface area contributed by atoms with E-state index in [-0.39, 0.29) is 0 Å². The van der Waals surface area contributed by atoms with Gasteiger partial charge in [-0.25, -0.2) is 4.99 Å². The Bertz CT molecular complexity index is 513. The number of nitrogens with one attached hydrogen (secondary N) is 1. The van der Waals surface area contributed by atoms with Crippen LogP contribution in [-0.4, -0.2) is 24.3 Å². The number of fused-ring (bicyclic) bond motifs is 1. The zero-order chi connectivity index (χ0) is 12.4. The zero-order valence-corrected chi connectivity index (χ0v) is 9.69. The van der Waals surface area contributed by atoms with Gasteiger partial charge in [-0.1, -0.05) is 11.6 Å². The van der Waals surface area contributed by atoms with E-state index in [1.54, 1.807) is 18.2 Å². The largest absolute Gasteiger partial charge is 0.430 e. The molecule has 1 amide bonds. The highest BCUT2D eigenvalue weighted by atomic mass is 35.5. The SMILES string of the molecule is CC(=O)O[C@H]1N=Cc2cc(Cl)ccc2NC1=O. The number of benzodiazepines with no additional fused rings is 1. The van der Waals surface area contributed by atoms with Crippen molar-refractivity contribution in [1.29, 1.82) is 0 Å². The van der Waals surface area contributed by atoms with Crippen molar-refractivity contribution in [2.24, 2.45) is 4.99 Å². The summed E-state index contributed by atoms with van der Waals surface area (Å²) in [4.78, 5) is 26.3. The normalized spacial score (nSPS) is 18.0. The van der Waals surface area contributed by atoms with Gasteiger partial charge in [-0.05, 0) is 18.2 Å². The molecule has 0 aliphatic carbocycles. The average Bonchev–Trinajstić information content (AvgIpc) is 2.39. The molecule has 1 aliphatic heterocycles. The third-order valence-corrected chi connectivity index (χ3v) is 2.36. The molecule has 0 saturated heterocycles. The number of anilines is 1. The molecule has 2 rings (SSSR count). The van der Waals surface area contributed by atoms with Gasteiger partial charge < -0.3 is 10.1 Å². The van der Waals surface area contributed by atoms with E-state index in [0.717, 1.165) is 0 Å². The number of halogens is 1. The van der Waals surface area contributed by atoms with Crippen LogP contribution in [0.15, 0.2) is 23.2 Å². The molecule has 1 N–H and O–H groups in total. The van der Waals surface area contributed by atoms with Crippen molar-refractivity contribution in [2.75, 3.05) is 5.32 Å². The minimum atomic E-state index is -1.15. The Morgan fingerprint density at radius 3 is 3.00 bits per heavy atom. The topological polar surface area (TPSA) is 67.8 Å². The molecule has 6 heteroatoms. The van der Waals surface area contributed by atoms with Crippen LogP contribution in [0.2, 0.25) is 5.02 Å². The number of esters is 1. The summed E-state index contributed by atoms with van der Waals surface area (Å²) in [5.74, 6) is -1.05. The lowest BCUT2D eigenvalue weighted by atomic mass is 10.2. The fourth-order valence-electron chi connectivity index (χ4n) is 1.41. The Balaban J connectivity index is 2.31. The van der Waals surface area contributed by atoms with Crippen molar-refractivity contribution in [3.8, 4) is 0 Å². The summed E-state index contributed by atoms with van der Waals surface area (Å²) >= 11 is 5.83. The molecule has 1 atom stereocenters. The summed E-state index contributed by atoms with van der Waals surface area (Å²) in [6.07, 6.45) is 0.297. The summed E-state index contributed by atoms with van der Waals surface area (Å²) in [6, 6.07) is 4.98. The van der Waals surface area contributed by atoms with Crippen LogP contribution >= 0.6 is 11.6 Å². The molecule has 0 unspecified atom stereocenters. The minimum absolute atomic E-state index is 0.488. The van der Waals surface area contributed by atoms with Crippen LogP contribution in [-0.2, 0) is 14.3 Å². The first kappa shape index (κ1) is 11.6. The Hall–Kier alpha value is -1.88. The van der Waals surface area contributed by atoms with Crippen molar-refractivity contribution < 1.29 is 14.3 Å². The van der Waals surface area contributed by atoms with Gasteiger partial charge in [-0.3, -0.25) is 9.59 Å². The van der Waals surface area contributed by atoms with Gasteiger partial charge in [0, 0.05) is 29.4 Å². The fourth-order valence-corrected chi connectivity index (χ4v) is 1.59. The van der Waals surface area contributed by atoms with Crippen molar-refractivity contribution in [1.82, 2.24) is 0 Å². The van der Waals surface area contributed by atoms with Crippen molar-refractivity contribution in [3.63, 3.8) is 0 Å². The van der Waals surface area contributed by atoms with Gasteiger partial charge in [-0.15, -0.1) is 0 Å². The second kappa shape index (κ2) is 4.55. The van der Waals surface area contributed by atoms with Crippen LogP contribution in [0.1, 0.15) is 12.5 Å². The predicted molar refractivity (Wildman–Crippen MR) is 63.2 cm³/mol. The molecule has 1 aromatic rings. The summed E-state index contributed by atoms with van der Waals surface area (Å²) < 4.78 is 4.76. The Morgan fingerprint density at radius 2 is 2.29 bits per heavy atom. The number of amides is 1. The van der Waals surface area contributed by atoms with E-state index in [9.17, 15) is 9.59 Å². The van der Waals surface area contributed by atoms with Crippen LogP contribution in [0, 0.1) is 0 Å². The lowest BCUT2D eigenvalue weighted by molar-refractivity contribution is -0.151. The van der Waals surface area contributed by atoms with Gasteiger partial charge in [0.1, 0.15) is 0 Å². The Morgan fingerprint density at radius 1 is 1.53 bits per heavy atom. The molecule has 1 heterocycles. The molecular weight excluding hydrogens is 244 g/mol. The standard InChI is InChI=1S/C11H9ClN2O3/c1-6(15)17-11-10(16)14-9-3-2-8(12)4-7(9)5-13-11/h2-5,11H,1H3,(H,14,16)/t11-/m1/s1. The van der Waals surface area contributed by atoms with Crippen molar-refractivity contribution in [2.45, 2.75) is 13.2 Å². The lowest BCUT2D eigenvalue weighted by Gasteiger charge is -2.10. The maximum atomic E-state index is 11.7. The molecule has 0 spiro atoms. The van der Waals surface area contributed by atoms with Gasteiger partial charge in [0.2, 0.25) is 0 Å². The van der Waals surface area contributed by atoms with Gasteiger partial charge >= 0.3 is 5.97 Å². The summed E-state index contributed by atoms with van der Waals surface area (Å²) in [7, 11) is 0. The summed E-state index contributed by atoms with van der Waals surface area (Å²) in [6.45, 7) is 1.22. The molecule has 0 aromatic heterocycles. The van der Waals surface area contributed by atoms with Crippen LogP contribution in [0.25, 0.3) is 0 Å². The molecule has 1 aromatic carbocycles. The molecule has 0 saturated carbocycles. The number of benzene rings is 1. The average molecular weight is 253 g/mol. The van der Waals surface area contributed by atoms with Gasteiger partial charge in [0.05, 0.1) is 0 Å². The molecule has 0 fully saturated rings. The maximum absolute atomic E-state index is 11.7. The summed E-state index contributed by atoms with van der Waals surface area (Å²) in [5, 5.41) is 3.14. The number of rotatable bonds is 1. The first-order chi connectivity index (χ1) is 8.06. The highest BCUT2D eigenvalue weighted by molar-refractivity contribution is 6.31. The van der Waals surface area contributed by atoms with E-state index in [1.165, 1.54) is 13.1 Å². The number of aliphatic imine (C=N–C) groups is 1. The maximum Gasteiger partial charge on any atom is 0.305 e. The minimum Gasteiger partial charge on any atom is -0.430 e. The quantitative estimate of drug-likeness (QED) is 0.772. The van der Waals surface area contributed by atoms with E-state index < -0.39 is 18.1 Å². The van der Waals surface area contributed by atoms with Crippen LogP contribution in [0.5, 0.6) is 0 Å². The molecule has 5 nitrogen and oxygen atoms in total. The van der Waals surface area contributed by atoms with Crippen LogP contribution in [0.3, 0.4) is 0 Å². The molecule has 1 aliphatic rings. The molecular formula is C11H9ClN2O3. The lowest BCUT2D eigenvalue weighted by Crippen LogP contribution is -2.29. The van der Waals surface area contributed by atoms with Gasteiger partial charge in [-0.2, -0.15) is 0 Å². The van der Waals surface area contributed by atoms with Crippen LogP contribution < -0.4 is 5.32 Å². The second-order valence-electron chi connectivity index (χ2n) is 3.46. The fraction of sp³-hybridized carbons (Fsp3) is 0.182. The highest BCUT2D eigenvalue weighted by Gasteiger charge is 2.23. The van der Waals surface area contributed by atoms with Gasteiger partial charge in [0.15, 0.2) is 0 Å². The number of nitrogens with zero attached hydrogens (tertiary/aromatic N) is 1. The number of hydrogen-bond acceptors (Lipinski definition) is 4. The van der Waals surface area contributed by atoms with Crippen molar-refractivity contribution in [3.05, 3.63) is 28.8 Å². The third kappa shape index (κ3) is 2.62. The number of hydrogen-bond donors (Lipinski definition) is 1. The van der Waals surface area contributed by atoms with E-state index in [0.29, 0.717) is 16.3 Å². The third-order valence-electron chi connectivity index (χ3n) is 2.12. The number of carbonyl (C=O) groups is 2. The highest BCUT2D eigenvalue weighted by Crippen LogP contribution is 2.21. The molecule has 0 bridgehead atoms. The first-order valence-electron chi connectivity index (χ1n) is 4.87. The number of carbonyl (C=O) groups excluding carboxylic acids is 2. The zero-order valence-electron chi connectivity index (χ0n) is 8.94. The Labute approximate surface area is 102 Å². The van der Waals surface area contributed by atoms with Crippen LogP contribution in [0.4, 0.5) is 5.69 Å². The predicted octanol–water partition coefficient (Wildman–Crippen LogP) is 1.60. The van der Waals surface area contributed by atoms with Crippen molar-refractivity contribution >= 4 is 35.4 Å². The first-order valence-corrected chi connectivity index (χ1v) is 5.25. The van der Waals surface area contributed by atoms with Gasteiger partial charge in [0.25, 0.3) is 12.1 Å². The van der Waals surface area contributed by atoms with E-state index in [1.807, 2.05) is 0 Å². The molecule has 0 radical (unpaired) electrons. The second-order valence-corrected chi connectivity index (χ2v) is 3.90. The Kier molecular flexibility index (Phi) is 3.10.